The molecule has 3 aliphatic carbocycles. The minimum Gasteiger partial charge on any atom is -0.309 e. The van der Waals surface area contributed by atoms with Gasteiger partial charge in [0.15, 0.2) is 0 Å². The molecule has 0 unspecified atom stereocenters. The zero-order chi connectivity index (χ0) is 51.1. The Balaban J connectivity index is 0.731. The number of rotatable bonds is 10. The maximum atomic E-state index is 4.45. The van der Waals surface area contributed by atoms with Gasteiger partial charge in [-0.15, -0.1) is 0 Å². The van der Waals surface area contributed by atoms with Gasteiger partial charge in [-0.3, -0.25) is 19.9 Å². The topological polar surface area (TPSA) is 58.0 Å². The molecule has 0 saturated carbocycles. The average Bonchev–Trinajstić information content (AvgIpc) is 4.05. The monoisotopic (exact) mass is 968 g/mol. The van der Waals surface area contributed by atoms with Crippen molar-refractivity contribution in [2.45, 2.75) is 57.8 Å². The van der Waals surface area contributed by atoms with Gasteiger partial charge in [0.05, 0.1) is 23.8 Å². The standard InChI is InChI=1S/C69H56N6/c1-67(2)61-37-45(11-13-47-17-23-57-59-25-19-51(41-65(59)68(3,4)63(57)39-47)74(49-27-33-70-34-28-49)53-9-7-31-72-43-53)15-21-55(61)56-22-16-46(38-62(56)67)12-14-48-18-24-58-60-26-20-52(42-66(60)69(5,6)64(58)40-48)75(50-29-35-71-36-30-50)54-10-8-32-73-44-54/h7-44H,1-6H3. The zero-order valence-electron chi connectivity index (χ0n) is 43.1. The lowest BCUT2D eigenvalue weighted by Gasteiger charge is -2.27. The summed E-state index contributed by atoms with van der Waals surface area (Å²) in [6.07, 6.45) is 23.9. The molecule has 0 amide bonds. The molecule has 0 N–H and O–H groups in total. The first-order valence-electron chi connectivity index (χ1n) is 25.9. The minimum absolute atomic E-state index is 0.156. The van der Waals surface area contributed by atoms with E-state index < -0.39 is 0 Å². The van der Waals surface area contributed by atoms with Crippen molar-refractivity contribution in [3.05, 3.63) is 263 Å². The highest BCUT2D eigenvalue weighted by Gasteiger charge is 2.39. The van der Waals surface area contributed by atoms with E-state index in [1.165, 1.54) is 89.0 Å². The van der Waals surface area contributed by atoms with Crippen molar-refractivity contribution in [3.8, 4) is 33.4 Å². The Bertz CT molecular complexity index is 3580. The normalized spacial score (nSPS) is 14.7. The second-order valence-corrected chi connectivity index (χ2v) is 21.7. The molecular formula is C69H56N6. The maximum Gasteiger partial charge on any atom is 0.0644 e. The number of benzene rings is 6. The van der Waals surface area contributed by atoms with E-state index >= 15 is 0 Å². The van der Waals surface area contributed by atoms with Crippen LogP contribution in [0.4, 0.5) is 34.1 Å². The first-order chi connectivity index (χ1) is 36.4. The predicted molar refractivity (Wildman–Crippen MR) is 310 cm³/mol. The minimum atomic E-state index is -0.191. The molecule has 3 aliphatic rings. The smallest absolute Gasteiger partial charge is 0.0644 e. The van der Waals surface area contributed by atoms with E-state index in [0.29, 0.717) is 0 Å². The van der Waals surface area contributed by atoms with Gasteiger partial charge in [-0.05, 0) is 162 Å². The number of anilines is 6. The quantitative estimate of drug-likeness (QED) is 0.127. The van der Waals surface area contributed by atoms with Crippen LogP contribution in [0.5, 0.6) is 0 Å². The van der Waals surface area contributed by atoms with Gasteiger partial charge in [0.25, 0.3) is 0 Å². The van der Waals surface area contributed by atoms with Gasteiger partial charge in [-0.25, -0.2) is 0 Å². The molecule has 6 aromatic carbocycles. The average molecular weight is 969 g/mol. The molecule has 10 aromatic rings. The fraction of sp³-hybridized carbons (Fsp3) is 0.130. The molecule has 0 bridgehead atoms. The number of hydrogen-bond acceptors (Lipinski definition) is 6. The summed E-state index contributed by atoms with van der Waals surface area (Å²) < 4.78 is 0. The van der Waals surface area contributed by atoms with Crippen LogP contribution in [0.25, 0.3) is 57.7 Å². The molecule has 4 aromatic heterocycles. The SMILES string of the molecule is CC1(C)c2cc(C=Cc3ccc4c(c3)C(C)(C)c3cc(N(c5ccncc5)c5cccnc5)ccc3-4)ccc2-c2ccc(C=Cc3ccc4c(c3)C(C)(C)c3cc(N(c5ccncc5)c5cccnc5)ccc3-4)cc21. The van der Waals surface area contributed by atoms with Gasteiger partial charge in [0.2, 0.25) is 0 Å². The molecule has 6 heteroatoms. The van der Waals surface area contributed by atoms with E-state index in [4.69, 9.17) is 0 Å². The van der Waals surface area contributed by atoms with Crippen LogP contribution < -0.4 is 9.80 Å². The Morgan fingerprint density at radius 2 is 0.573 bits per heavy atom. The zero-order valence-corrected chi connectivity index (χ0v) is 43.1. The summed E-state index contributed by atoms with van der Waals surface area (Å²) in [6, 6.07) is 58.0. The van der Waals surface area contributed by atoms with Crippen LogP contribution in [0.15, 0.2) is 207 Å². The lowest BCUT2D eigenvalue weighted by atomic mass is 9.81. The van der Waals surface area contributed by atoms with Gasteiger partial charge in [-0.1, -0.05) is 151 Å². The van der Waals surface area contributed by atoms with Crippen molar-refractivity contribution in [1.82, 2.24) is 19.9 Å². The van der Waals surface area contributed by atoms with Gasteiger partial charge in [-0.2, -0.15) is 0 Å². The summed E-state index contributed by atoms with van der Waals surface area (Å²) >= 11 is 0. The molecule has 0 saturated heterocycles. The fourth-order valence-electron chi connectivity index (χ4n) is 12.2. The molecule has 4 heterocycles. The van der Waals surface area contributed by atoms with E-state index in [2.05, 4.69) is 217 Å². The molecule has 0 atom stereocenters. The van der Waals surface area contributed by atoms with Crippen molar-refractivity contribution < 1.29 is 0 Å². The van der Waals surface area contributed by atoms with Gasteiger partial charge >= 0.3 is 0 Å². The van der Waals surface area contributed by atoms with E-state index in [1.54, 1.807) is 0 Å². The Kier molecular flexibility index (Phi) is 10.8. The third kappa shape index (κ3) is 7.70. The van der Waals surface area contributed by atoms with Crippen molar-refractivity contribution >= 4 is 58.4 Å². The van der Waals surface area contributed by atoms with Crippen molar-refractivity contribution in [3.63, 3.8) is 0 Å². The first-order valence-corrected chi connectivity index (χ1v) is 25.9. The molecule has 75 heavy (non-hydrogen) atoms. The van der Waals surface area contributed by atoms with E-state index in [0.717, 1.165) is 34.1 Å². The van der Waals surface area contributed by atoms with Gasteiger partial charge < -0.3 is 9.80 Å². The number of fused-ring (bicyclic) bond motifs is 9. The van der Waals surface area contributed by atoms with E-state index in [-0.39, 0.29) is 16.2 Å². The highest BCUT2D eigenvalue weighted by Crippen LogP contribution is 2.54. The van der Waals surface area contributed by atoms with Crippen molar-refractivity contribution in [2.75, 3.05) is 9.80 Å². The summed E-state index contributed by atoms with van der Waals surface area (Å²) in [6.45, 7) is 14.1. The number of aromatic nitrogens is 4. The van der Waals surface area contributed by atoms with Crippen molar-refractivity contribution in [2.24, 2.45) is 0 Å². The Labute approximate surface area is 440 Å². The predicted octanol–water partition coefficient (Wildman–Crippen LogP) is 17.5. The second-order valence-electron chi connectivity index (χ2n) is 21.7. The molecule has 0 spiro atoms. The lowest BCUT2D eigenvalue weighted by molar-refractivity contribution is 0.660. The molecule has 0 fully saturated rings. The van der Waals surface area contributed by atoms with E-state index in [1.807, 2.05) is 86.0 Å². The summed E-state index contributed by atoms with van der Waals surface area (Å²) in [7, 11) is 0. The Hall–Kier alpha value is -9.00. The molecule has 6 nitrogen and oxygen atoms in total. The molecular weight excluding hydrogens is 913 g/mol. The fourth-order valence-corrected chi connectivity index (χ4v) is 12.2. The summed E-state index contributed by atoms with van der Waals surface area (Å²) in [5, 5.41) is 0. The van der Waals surface area contributed by atoms with Gasteiger partial charge in [0.1, 0.15) is 0 Å². The highest BCUT2D eigenvalue weighted by molar-refractivity contribution is 5.90. The number of nitrogens with zero attached hydrogens (tertiary/aromatic N) is 6. The molecule has 0 radical (unpaired) electrons. The number of pyridine rings is 4. The summed E-state index contributed by atoms with van der Waals surface area (Å²) in [5.41, 5.74) is 26.4. The van der Waals surface area contributed by atoms with Crippen LogP contribution in [0.1, 0.15) is 97.2 Å². The first kappa shape index (κ1) is 45.8. The van der Waals surface area contributed by atoms with Crippen LogP contribution in [0, 0.1) is 0 Å². The van der Waals surface area contributed by atoms with Crippen molar-refractivity contribution in [1.29, 1.82) is 0 Å². The second kappa shape index (κ2) is 17.6. The van der Waals surface area contributed by atoms with Gasteiger partial charge in [0, 0.05) is 76.2 Å². The lowest BCUT2D eigenvalue weighted by Crippen LogP contribution is -2.16. The number of hydrogen-bond donors (Lipinski definition) is 0. The van der Waals surface area contributed by atoms with Crippen LogP contribution in [-0.4, -0.2) is 19.9 Å². The summed E-state index contributed by atoms with van der Waals surface area (Å²) in [4.78, 5) is 22.0. The van der Waals surface area contributed by atoms with Crippen LogP contribution in [-0.2, 0) is 16.2 Å². The van der Waals surface area contributed by atoms with Crippen LogP contribution in [0.3, 0.4) is 0 Å². The summed E-state index contributed by atoms with van der Waals surface area (Å²) in [5.74, 6) is 0. The molecule has 13 rings (SSSR count). The molecule has 0 aliphatic heterocycles. The highest BCUT2D eigenvalue weighted by atomic mass is 15.2. The third-order valence-corrected chi connectivity index (χ3v) is 16.2. The maximum absolute atomic E-state index is 4.45. The van der Waals surface area contributed by atoms with Crippen LogP contribution >= 0.6 is 0 Å². The van der Waals surface area contributed by atoms with Crippen LogP contribution in [0.2, 0.25) is 0 Å². The van der Waals surface area contributed by atoms with E-state index in [9.17, 15) is 0 Å². The Morgan fingerprint density at radius 1 is 0.280 bits per heavy atom. The molecule has 362 valence electrons. The largest absolute Gasteiger partial charge is 0.309 e. The third-order valence-electron chi connectivity index (χ3n) is 16.2. The Morgan fingerprint density at radius 3 is 0.867 bits per heavy atom.